The minimum Gasteiger partial charge on any atom is -0.323 e. The molecule has 6 nitrogen and oxygen atoms in total. The third kappa shape index (κ3) is 3.78. The van der Waals surface area contributed by atoms with Crippen LogP contribution < -0.4 is 10.2 Å². The summed E-state index contributed by atoms with van der Waals surface area (Å²) in [6, 6.07) is 17.1. The van der Waals surface area contributed by atoms with Crippen molar-refractivity contribution >= 4 is 23.2 Å². The molecule has 1 aliphatic rings. The third-order valence-electron chi connectivity index (χ3n) is 5.28. The van der Waals surface area contributed by atoms with E-state index in [1.54, 1.807) is 11.9 Å². The lowest BCUT2D eigenvalue weighted by Gasteiger charge is -2.20. The molecule has 1 aromatic heterocycles. The minimum absolute atomic E-state index is 0.214. The Hall–Kier alpha value is -3.41. The van der Waals surface area contributed by atoms with Gasteiger partial charge in [0.15, 0.2) is 5.69 Å². The number of imidazole rings is 1. The molecule has 4 rings (SSSR count). The van der Waals surface area contributed by atoms with E-state index >= 15 is 0 Å². The molecule has 0 bridgehead atoms. The fourth-order valence-corrected chi connectivity index (χ4v) is 3.63. The second-order valence-corrected chi connectivity index (χ2v) is 7.36. The number of para-hydroxylation sites is 1. The van der Waals surface area contributed by atoms with E-state index in [-0.39, 0.29) is 11.8 Å². The normalized spacial score (nSPS) is 12.9. The average Bonchev–Trinajstić information content (AvgIpc) is 3.15. The van der Waals surface area contributed by atoms with Crippen molar-refractivity contribution in [1.82, 2.24) is 9.55 Å². The summed E-state index contributed by atoms with van der Waals surface area (Å²) in [6.07, 6.45) is 2.70. The lowest BCUT2D eigenvalue weighted by molar-refractivity contribution is 0.0978. The van der Waals surface area contributed by atoms with Gasteiger partial charge in [-0.05, 0) is 50.5 Å². The van der Waals surface area contributed by atoms with Crippen molar-refractivity contribution < 1.29 is 9.59 Å². The van der Waals surface area contributed by atoms with Gasteiger partial charge in [0.25, 0.3) is 11.8 Å². The molecule has 0 aliphatic carbocycles. The number of amides is 2. The van der Waals surface area contributed by atoms with Gasteiger partial charge in [0, 0.05) is 25.0 Å². The summed E-state index contributed by atoms with van der Waals surface area (Å²) in [4.78, 5) is 32.2. The molecule has 1 N–H and O–H groups in total. The molecule has 0 atom stereocenters. The predicted octanol–water partition coefficient (Wildman–Crippen LogP) is 4.06. The van der Waals surface area contributed by atoms with E-state index < -0.39 is 0 Å². The maximum Gasteiger partial charge on any atom is 0.294 e. The van der Waals surface area contributed by atoms with Gasteiger partial charge in [-0.3, -0.25) is 9.59 Å². The standard InChI is InChI=1S/C23H24N4O2/c1-16-11-13-17(14-12-16)24-22(28)20-19-10-6-7-15-27(19)21(25-20)23(29)26(2)18-8-4-3-5-9-18/h3-5,8-9,11-14H,6-7,10,15H2,1-2H3,(H,24,28). The summed E-state index contributed by atoms with van der Waals surface area (Å²) in [5.41, 5.74) is 3.81. The van der Waals surface area contributed by atoms with Crippen molar-refractivity contribution in [3.63, 3.8) is 0 Å². The number of aromatic nitrogens is 2. The fourth-order valence-electron chi connectivity index (χ4n) is 3.63. The largest absolute Gasteiger partial charge is 0.323 e. The Morgan fingerprint density at radius 2 is 1.76 bits per heavy atom. The first-order valence-electron chi connectivity index (χ1n) is 9.85. The van der Waals surface area contributed by atoms with Gasteiger partial charge in [-0.2, -0.15) is 0 Å². The molecule has 1 aliphatic heterocycles. The number of nitrogens with zero attached hydrogens (tertiary/aromatic N) is 3. The number of carbonyl (C=O) groups is 2. The Balaban J connectivity index is 1.66. The first kappa shape index (κ1) is 18.9. The lowest BCUT2D eigenvalue weighted by atomic mass is 10.1. The van der Waals surface area contributed by atoms with Gasteiger partial charge in [-0.1, -0.05) is 35.9 Å². The zero-order valence-electron chi connectivity index (χ0n) is 16.7. The monoisotopic (exact) mass is 388 g/mol. The molecule has 0 saturated carbocycles. The highest BCUT2D eigenvalue weighted by Crippen LogP contribution is 2.24. The summed E-state index contributed by atoms with van der Waals surface area (Å²) in [6.45, 7) is 2.70. The number of fused-ring (bicyclic) bond motifs is 1. The quantitative estimate of drug-likeness (QED) is 0.733. The molecule has 0 radical (unpaired) electrons. The number of nitrogens with one attached hydrogen (secondary N) is 1. The highest BCUT2D eigenvalue weighted by atomic mass is 16.2. The lowest BCUT2D eigenvalue weighted by Crippen LogP contribution is -2.30. The molecule has 148 valence electrons. The van der Waals surface area contributed by atoms with Gasteiger partial charge in [-0.15, -0.1) is 0 Å². The van der Waals surface area contributed by atoms with Crippen LogP contribution >= 0.6 is 0 Å². The maximum atomic E-state index is 13.2. The molecule has 2 aromatic carbocycles. The molecular formula is C23H24N4O2. The second-order valence-electron chi connectivity index (χ2n) is 7.36. The molecule has 2 amide bonds. The second kappa shape index (κ2) is 7.91. The van der Waals surface area contributed by atoms with Gasteiger partial charge in [0.1, 0.15) is 0 Å². The number of anilines is 2. The molecule has 29 heavy (non-hydrogen) atoms. The topological polar surface area (TPSA) is 67.2 Å². The van der Waals surface area contributed by atoms with Gasteiger partial charge < -0.3 is 14.8 Å². The molecule has 0 saturated heterocycles. The van der Waals surface area contributed by atoms with Gasteiger partial charge in [0.2, 0.25) is 5.82 Å². The first-order chi connectivity index (χ1) is 14.0. The van der Waals surface area contributed by atoms with E-state index in [0.29, 0.717) is 23.8 Å². The Morgan fingerprint density at radius 3 is 2.48 bits per heavy atom. The predicted molar refractivity (Wildman–Crippen MR) is 113 cm³/mol. The summed E-state index contributed by atoms with van der Waals surface area (Å²) in [7, 11) is 1.73. The zero-order chi connectivity index (χ0) is 20.4. The summed E-state index contributed by atoms with van der Waals surface area (Å²) < 4.78 is 1.91. The van der Waals surface area contributed by atoms with Crippen LogP contribution in [0.5, 0.6) is 0 Å². The third-order valence-corrected chi connectivity index (χ3v) is 5.28. The van der Waals surface area contributed by atoms with E-state index in [4.69, 9.17) is 0 Å². The van der Waals surface area contributed by atoms with Crippen molar-refractivity contribution in [2.75, 3.05) is 17.3 Å². The number of rotatable bonds is 4. The SMILES string of the molecule is Cc1ccc(NC(=O)c2nc(C(=O)N(C)c3ccccc3)n3c2CCCC3)cc1. The molecule has 6 heteroatoms. The van der Waals surface area contributed by atoms with Crippen molar-refractivity contribution in [2.24, 2.45) is 0 Å². The van der Waals surface area contributed by atoms with Crippen LogP contribution in [0.4, 0.5) is 11.4 Å². The Labute approximate surface area is 170 Å². The van der Waals surface area contributed by atoms with Crippen LogP contribution in [0, 0.1) is 6.92 Å². The number of benzene rings is 2. The Bertz CT molecular complexity index is 1040. The molecule has 0 unspecified atom stereocenters. The Morgan fingerprint density at radius 1 is 1.03 bits per heavy atom. The summed E-state index contributed by atoms with van der Waals surface area (Å²) in [5, 5.41) is 2.91. The van der Waals surface area contributed by atoms with Crippen LogP contribution in [0.3, 0.4) is 0 Å². The van der Waals surface area contributed by atoms with Gasteiger partial charge >= 0.3 is 0 Å². The number of carbonyl (C=O) groups excluding carboxylic acids is 2. The number of aryl methyl sites for hydroxylation is 1. The first-order valence-corrected chi connectivity index (χ1v) is 9.85. The van der Waals surface area contributed by atoms with Crippen LogP contribution in [-0.4, -0.2) is 28.4 Å². The van der Waals surface area contributed by atoms with Crippen LogP contribution in [0.25, 0.3) is 0 Å². The van der Waals surface area contributed by atoms with Crippen molar-refractivity contribution in [3.05, 3.63) is 77.4 Å². The fraction of sp³-hybridized carbons (Fsp3) is 0.261. The van der Waals surface area contributed by atoms with Crippen LogP contribution in [0.1, 0.15) is 45.2 Å². The van der Waals surface area contributed by atoms with E-state index in [0.717, 1.165) is 36.2 Å². The van der Waals surface area contributed by atoms with Crippen LogP contribution in [0.15, 0.2) is 54.6 Å². The zero-order valence-corrected chi connectivity index (χ0v) is 16.7. The van der Waals surface area contributed by atoms with E-state index in [1.165, 1.54) is 0 Å². The average molecular weight is 388 g/mol. The van der Waals surface area contributed by atoms with Crippen LogP contribution in [-0.2, 0) is 13.0 Å². The highest BCUT2D eigenvalue weighted by molar-refractivity contribution is 6.07. The van der Waals surface area contributed by atoms with E-state index in [1.807, 2.05) is 66.1 Å². The van der Waals surface area contributed by atoms with Crippen molar-refractivity contribution in [3.8, 4) is 0 Å². The maximum absolute atomic E-state index is 13.2. The summed E-state index contributed by atoms with van der Waals surface area (Å²) in [5.74, 6) is -0.172. The van der Waals surface area contributed by atoms with Gasteiger partial charge in [0.05, 0.1) is 5.69 Å². The van der Waals surface area contributed by atoms with E-state index in [9.17, 15) is 9.59 Å². The molecular weight excluding hydrogens is 364 g/mol. The number of hydrogen-bond acceptors (Lipinski definition) is 3. The molecule has 0 spiro atoms. The summed E-state index contributed by atoms with van der Waals surface area (Å²) >= 11 is 0. The molecule has 0 fully saturated rings. The smallest absolute Gasteiger partial charge is 0.294 e. The molecule has 2 heterocycles. The van der Waals surface area contributed by atoms with Crippen molar-refractivity contribution in [2.45, 2.75) is 32.7 Å². The minimum atomic E-state index is -0.277. The van der Waals surface area contributed by atoms with Crippen molar-refractivity contribution in [1.29, 1.82) is 0 Å². The van der Waals surface area contributed by atoms with E-state index in [2.05, 4.69) is 10.3 Å². The van der Waals surface area contributed by atoms with Crippen LogP contribution in [0.2, 0.25) is 0 Å². The van der Waals surface area contributed by atoms with Gasteiger partial charge in [-0.25, -0.2) is 4.98 Å². The molecule has 3 aromatic rings. The highest BCUT2D eigenvalue weighted by Gasteiger charge is 2.29. The number of hydrogen-bond donors (Lipinski definition) is 1. The Kier molecular flexibility index (Phi) is 5.16.